The van der Waals surface area contributed by atoms with Crippen LogP contribution in [-0.2, 0) is 11.3 Å². The Bertz CT molecular complexity index is 442. The first kappa shape index (κ1) is 16.0. The second kappa shape index (κ2) is 8.78. The van der Waals surface area contributed by atoms with Crippen molar-refractivity contribution in [3.05, 3.63) is 35.6 Å². The van der Waals surface area contributed by atoms with E-state index in [-0.39, 0.29) is 18.3 Å². The minimum absolute atomic E-state index is 0.0284. The predicted molar refractivity (Wildman–Crippen MR) is 82.4 cm³/mol. The summed E-state index contributed by atoms with van der Waals surface area (Å²) < 4.78 is 13.4. The van der Waals surface area contributed by atoms with Gasteiger partial charge in [0.1, 0.15) is 5.82 Å². The van der Waals surface area contributed by atoms with E-state index in [1.807, 2.05) is 0 Å². The highest BCUT2D eigenvalue weighted by molar-refractivity contribution is 5.76. The molecule has 2 N–H and O–H groups in total. The smallest absolute Gasteiger partial charge is 0.221 e. The molecule has 4 heteroatoms. The SMILES string of the molecule is O=C(CCNC1CCCCCC1)NCc1ccccc1F. The van der Waals surface area contributed by atoms with E-state index in [2.05, 4.69) is 10.6 Å². The van der Waals surface area contributed by atoms with Crippen molar-refractivity contribution in [1.29, 1.82) is 0 Å². The van der Waals surface area contributed by atoms with E-state index in [0.29, 0.717) is 24.6 Å². The van der Waals surface area contributed by atoms with E-state index in [0.717, 1.165) is 0 Å². The molecule has 0 spiro atoms. The Kier molecular flexibility index (Phi) is 6.67. The molecule has 3 nitrogen and oxygen atoms in total. The maximum Gasteiger partial charge on any atom is 0.221 e. The Hall–Kier alpha value is -1.42. The third-order valence-corrected chi connectivity index (χ3v) is 4.07. The van der Waals surface area contributed by atoms with Crippen molar-refractivity contribution in [2.45, 2.75) is 57.5 Å². The highest BCUT2D eigenvalue weighted by atomic mass is 19.1. The summed E-state index contributed by atoms with van der Waals surface area (Å²) in [4.78, 5) is 11.8. The van der Waals surface area contributed by atoms with E-state index in [4.69, 9.17) is 0 Å². The molecule has 1 fully saturated rings. The average Bonchev–Trinajstić information content (AvgIpc) is 2.75. The molecular formula is C17H25FN2O. The van der Waals surface area contributed by atoms with Gasteiger partial charge in [0.25, 0.3) is 0 Å². The van der Waals surface area contributed by atoms with E-state index in [1.165, 1.54) is 44.6 Å². The number of hydrogen-bond acceptors (Lipinski definition) is 2. The monoisotopic (exact) mass is 292 g/mol. The summed E-state index contributed by atoms with van der Waals surface area (Å²) in [5, 5.41) is 6.24. The number of carbonyl (C=O) groups is 1. The van der Waals surface area contributed by atoms with Gasteiger partial charge in [0, 0.05) is 31.1 Å². The molecule has 0 saturated heterocycles. The Balaban J connectivity index is 1.62. The number of halogens is 1. The number of nitrogens with one attached hydrogen (secondary N) is 2. The molecule has 0 unspecified atom stereocenters. The first-order chi connectivity index (χ1) is 10.3. The summed E-state index contributed by atoms with van der Waals surface area (Å²) in [6.07, 6.45) is 8.13. The molecule has 1 amide bonds. The fourth-order valence-corrected chi connectivity index (χ4v) is 2.80. The van der Waals surface area contributed by atoms with Gasteiger partial charge in [0.05, 0.1) is 0 Å². The Labute approximate surface area is 126 Å². The van der Waals surface area contributed by atoms with Gasteiger partial charge in [0.15, 0.2) is 0 Å². The van der Waals surface area contributed by atoms with Crippen LogP contribution in [0.2, 0.25) is 0 Å². The minimum atomic E-state index is -0.269. The lowest BCUT2D eigenvalue weighted by Gasteiger charge is -2.15. The third-order valence-electron chi connectivity index (χ3n) is 4.07. The number of hydrogen-bond donors (Lipinski definition) is 2. The minimum Gasteiger partial charge on any atom is -0.352 e. The van der Waals surface area contributed by atoms with E-state index in [9.17, 15) is 9.18 Å². The van der Waals surface area contributed by atoms with Crippen molar-refractivity contribution in [2.75, 3.05) is 6.54 Å². The lowest BCUT2D eigenvalue weighted by Crippen LogP contribution is -2.33. The van der Waals surface area contributed by atoms with E-state index in [1.54, 1.807) is 18.2 Å². The zero-order chi connectivity index (χ0) is 14.9. The molecule has 0 aromatic heterocycles. The van der Waals surface area contributed by atoms with Crippen LogP contribution < -0.4 is 10.6 Å². The molecule has 1 aliphatic carbocycles. The highest BCUT2D eigenvalue weighted by Crippen LogP contribution is 2.17. The first-order valence-corrected chi connectivity index (χ1v) is 7.99. The molecule has 0 heterocycles. The van der Waals surface area contributed by atoms with Gasteiger partial charge in [-0.1, -0.05) is 43.9 Å². The first-order valence-electron chi connectivity index (χ1n) is 7.99. The van der Waals surface area contributed by atoms with Crippen LogP contribution in [0.25, 0.3) is 0 Å². The van der Waals surface area contributed by atoms with Crippen LogP contribution in [0.1, 0.15) is 50.5 Å². The normalized spacial score (nSPS) is 16.4. The summed E-state index contributed by atoms with van der Waals surface area (Å²) in [5.74, 6) is -0.297. The van der Waals surface area contributed by atoms with Crippen LogP contribution in [0.5, 0.6) is 0 Å². The van der Waals surface area contributed by atoms with Gasteiger partial charge in [0.2, 0.25) is 5.91 Å². The lowest BCUT2D eigenvalue weighted by molar-refractivity contribution is -0.121. The van der Waals surface area contributed by atoms with Crippen LogP contribution in [0.3, 0.4) is 0 Å². The van der Waals surface area contributed by atoms with E-state index < -0.39 is 0 Å². The maximum atomic E-state index is 13.4. The average molecular weight is 292 g/mol. The zero-order valence-corrected chi connectivity index (χ0v) is 12.5. The molecule has 0 bridgehead atoms. The number of rotatable bonds is 6. The molecule has 116 valence electrons. The summed E-state index contributed by atoms with van der Waals surface area (Å²) >= 11 is 0. The summed E-state index contributed by atoms with van der Waals surface area (Å²) in [7, 11) is 0. The number of amides is 1. The molecular weight excluding hydrogens is 267 g/mol. The lowest BCUT2D eigenvalue weighted by atomic mass is 10.1. The maximum absolute atomic E-state index is 13.4. The zero-order valence-electron chi connectivity index (χ0n) is 12.5. The molecule has 1 aromatic carbocycles. The largest absolute Gasteiger partial charge is 0.352 e. The highest BCUT2D eigenvalue weighted by Gasteiger charge is 2.12. The van der Waals surface area contributed by atoms with Gasteiger partial charge < -0.3 is 10.6 Å². The summed E-state index contributed by atoms with van der Waals surface area (Å²) in [6, 6.07) is 7.09. The predicted octanol–water partition coefficient (Wildman–Crippen LogP) is 3.14. The molecule has 21 heavy (non-hydrogen) atoms. The van der Waals surface area contributed by atoms with Crippen LogP contribution in [0.4, 0.5) is 4.39 Å². The van der Waals surface area contributed by atoms with Crippen molar-refractivity contribution in [2.24, 2.45) is 0 Å². The topological polar surface area (TPSA) is 41.1 Å². The van der Waals surface area contributed by atoms with Crippen LogP contribution in [0, 0.1) is 5.82 Å². The second-order valence-electron chi connectivity index (χ2n) is 5.76. The third kappa shape index (κ3) is 5.84. The molecule has 1 saturated carbocycles. The van der Waals surface area contributed by atoms with Crippen LogP contribution in [-0.4, -0.2) is 18.5 Å². The van der Waals surface area contributed by atoms with Gasteiger partial charge in [-0.3, -0.25) is 4.79 Å². The van der Waals surface area contributed by atoms with Gasteiger partial charge in [-0.25, -0.2) is 4.39 Å². The van der Waals surface area contributed by atoms with Gasteiger partial charge in [-0.05, 0) is 18.9 Å². The van der Waals surface area contributed by atoms with Gasteiger partial charge >= 0.3 is 0 Å². The standard InChI is InChI=1S/C17H25FN2O/c18-16-10-6-5-7-14(16)13-20-17(21)11-12-19-15-8-3-1-2-4-9-15/h5-7,10,15,19H,1-4,8-9,11-13H2,(H,20,21). The molecule has 0 atom stereocenters. The van der Waals surface area contributed by atoms with Crippen LogP contribution >= 0.6 is 0 Å². The second-order valence-corrected chi connectivity index (χ2v) is 5.76. The van der Waals surface area contributed by atoms with Crippen molar-refractivity contribution < 1.29 is 9.18 Å². The van der Waals surface area contributed by atoms with E-state index >= 15 is 0 Å². The van der Waals surface area contributed by atoms with Gasteiger partial charge in [-0.2, -0.15) is 0 Å². The molecule has 0 aliphatic heterocycles. The summed E-state index contributed by atoms with van der Waals surface area (Å²) in [5.41, 5.74) is 0.530. The Morgan fingerprint density at radius 1 is 1.14 bits per heavy atom. The van der Waals surface area contributed by atoms with Crippen molar-refractivity contribution in [3.63, 3.8) is 0 Å². The van der Waals surface area contributed by atoms with Crippen molar-refractivity contribution in [3.8, 4) is 0 Å². The van der Waals surface area contributed by atoms with Crippen LogP contribution in [0.15, 0.2) is 24.3 Å². The molecule has 1 aliphatic rings. The Morgan fingerprint density at radius 3 is 2.57 bits per heavy atom. The molecule has 0 radical (unpaired) electrons. The Morgan fingerprint density at radius 2 is 1.86 bits per heavy atom. The fraction of sp³-hybridized carbons (Fsp3) is 0.588. The number of benzene rings is 1. The quantitative estimate of drug-likeness (QED) is 0.791. The molecule has 1 aromatic rings. The van der Waals surface area contributed by atoms with Gasteiger partial charge in [-0.15, -0.1) is 0 Å². The molecule has 2 rings (SSSR count). The fourth-order valence-electron chi connectivity index (χ4n) is 2.80. The van der Waals surface area contributed by atoms with Crippen molar-refractivity contribution >= 4 is 5.91 Å². The number of carbonyl (C=O) groups excluding carboxylic acids is 1. The van der Waals surface area contributed by atoms with Crippen molar-refractivity contribution in [1.82, 2.24) is 10.6 Å². The summed E-state index contributed by atoms with van der Waals surface area (Å²) in [6.45, 7) is 0.961.